The Balaban J connectivity index is 0.000000834. The number of carboxylic acids is 1. The predicted octanol–water partition coefficient (Wildman–Crippen LogP) is 7.05. The van der Waals surface area contributed by atoms with E-state index in [4.69, 9.17) is 14.6 Å². The summed E-state index contributed by atoms with van der Waals surface area (Å²) in [6, 6.07) is 0.681. The third-order valence-corrected chi connectivity index (χ3v) is 7.18. The number of hydrogen-bond donors (Lipinski definition) is 1. The monoisotopic (exact) mass is 573 g/mol. The largest absolute Gasteiger partial charge is 0.493 e. The van der Waals surface area contributed by atoms with Crippen molar-refractivity contribution >= 4 is 12.4 Å². The zero-order chi connectivity index (χ0) is 30.9. The fraction of sp³-hybridized carbons (Fsp3) is 0.647. The van der Waals surface area contributed by atoms with E-state index >= 15 is 0 Å². The van der Waals surface area contributed by atoms with Gasteiger partial charge in [-0.05, 0) is 69.0 Å². The van der Waals surface area contributed by atoms with Crippen molar-refractivity contribution in [3.05, 3.63) is 60.6 Å². The van der Waals surface area contributed by atoms with Crippen LogP contribution in [0.2, 0.25) is 0 Å². The minimum absolute atomic E-state index is 0.645. The smallest absolute Gasteiger partial charge is 0.300 e. The van der Waals surface area contributed by atoms with Crippen LogP contribution in [0.5, 0.6) is 0 Å². The Morgan fingerprint density at radius 2 is 1.80 bits per heavy atom. The highest BCUT2D eigenvalue weighted by atomic mass is 16.5. The van der Waals surface area contributed by atoms with Gasteiger partial charge in [0.15, 0.2) is 0 Å². The molecule has 0 spiro atoms. The van der Waals surface area contributed by atoms with Crippen LogP contribution in [0.4, 0.5) is 0 Å². The van der Waals surface area contributed by atoms with Crippen LogP contribution in [-0.4, -0.2) is 84.6 Å². The lowest BCUT2D eigenvalue weighted by Crippen LogP contribution is -2.31. The fourth-order valence-electron chi connectivity index (χ4n) is 4.86. The molecule has 7 heteroatoms. The molecule has 0 radical (unpaired) electrons. The van der Waals surface area contributed by atoms with Gasteiger partial charge in [0.25, 0.3) is 5.97 Å². The maximum absolute atomic E-state index is 10.5. The van der Waals surface area contributed by atoms with Crippen molar-refractivity contribution in [3.8, 4) is 0 Å². The Labute approximate surface area is 251 Å². The molecule has 2 unspecified atom stereocenters. The summed E-state index contributed by atoms with van der Waals surface area (Å²) in [5.74, 6) is 0.863. The molecular formula is C34H59N3O4. The molecule has 7 nitrogen and oxygen atoms in total. The first-order valence-electron chi connectivity index (χ1n) is 15.5. The molecule has 2 rings (SSSR count). The highest BCUT2D eigenvalue weighted by Crippen LogP contribution is 2.27. The van der Waals surface area contributed by atoms with E-state index in [9.17, 15) is 4.79 Å². The Kier molecular flexibility index (Phi) is 23.2. The summed E-state index contributed by atoms with van der Waals surface area (Å²) in [5, 5.41) is 7.42. The molecule has 0 saturated carbocycles. The molecule has 0 bridgehead atoms. The number of aliphatic carboxylic acids is 1. The number of carbonyl (C=O) groups is 2. The average Bonchev–Trinajstić information content (AvgIpc) is 3.59. The van der Waals surface area contributed by atoms with Gasteiger partial charge in [-0.25, -0.2) is 0 Å². The van der Waals surface area contributed by atoms with Crippen LogP contribution >= 0.6 is 0 Å². The van der Waals surface area contributed by atoms with Crippen molar-refractivity contribution < 1.29 is 19.4 Å². The van der Waals surface area contributed by atoms with Crippen molar-refractivity contribution in [1.29, 1.82) is 0 Å². The van der Waals surface area contributed by atoms with Crippen molar-refractivity contribution in [2.24, 2.45) is 5.92 Å². The lowest BCUT2D eigenvalue weighted by atomic mass is 10.0. The van der Waals surface area contributed by atoms with Crippen LogP contribution in [0.1, 0.15) is 86.0 Å². The van der Waals surface area contributed by atoms with Crippen molar-refractivity contribution in [3.63, 3.8) is 0 Å². The summed E-state index contributed by atoms with van der Waals surface area (Å²) in [7, 11) is 2.13. The molecule has 0 aliphatic carbocycles. The molecule has 0 aromatic carbocycles. The van der Waals surface area contributed by atoms with E-state index in [-0.39, 0.29) is 0 Å². The summed E-state index contributed by atoms with van der Waals surface area (Å²) in [4.78, 5) is 26.3. The lowest BCUT2D eigenvalue weighted by molar-refractivity contribution is -0.134. The Hall–Kier alpha value is -2.80. The minimum Gasteiger partial charge on any atom is -0.493 e. The number of unbranched alkanes of at least 4 members (excludes halogenated alkanes) is 3. The van der Waals surface area contributed by atoms with Gasteiger partial charge in [-0.15, -0.1) is 0 Å². The number of likely N-dealkylation sites (tertiary alicyclic amines) is 1. The summed E-state index contributed by atoms with van der Waals surface area (Å²) < 4.78 is 5.69. The molecule has 1 amide bonds. The third-order valence-electron chi connectivity index (χ3n) is 7.18. The summed E-state index contributed by atoms with van der Waals surface area (Å²) >= 11 is 0. The molecule has 41 heavy (non-hydrogen) atoms. The Bertz CT molecular complexity index is 830. The predicted molar refractivity (Wildman–Crippen MR) is 173 cm³/mol. The number of nitrogens with zero attached hydrogens (tertiary/aromatic N) is 3. The molecule has 2 saturated heterocycles. The van der Waals surface area contributed by atoms with E-state index in [1.54, 1.807) is 0 Å². The van der Waals surface area contributed by atoms with Gasteiger partial charge in [-0.2, -0.15) is 0 Å². The molecule has 0 aromatic rings. The third kappa shape index (κ3) is 19.0. The van der Waals surface area contributed by atoms with Gasteiger partial charge in [-0.3, -0.25) is 14.5 Å². The number of allylic oxidation sites excluding steroid dienone is 6. The topological polar surface area (TPSA) is 73.3 Å². The fourth-order valence-corrected chi connectivity index (χ4v) is 4.86. The van der Waals surface area contributed by atoms with E-state index in [1.807, 2.05) is 17.1 Å². The van der Waals surface area contributed by atoms with Gasteiger partial charge < -0.3 is 19.6 Å². The SMILES string of the molecule is C=C/C=C\N(C)CCC1CC(/C=C/C=C2/OCC/C2=C/C)CN1CC.CC(=O)O.CCCCCN(C=O)CCCC. The van der Waals surface area contributed by atoms with Gasteiger partial charge in [0.2, 0.25) is 6.41 Å². The number of carboxylic acid groups (broad SMARTS) is 1. The van der Waals surface area contributed by atoms with E-state index < -0.39 is 5.97 Å². The van der Waals surface area contributed by atoms with Crippen LogP contribution in [0.25, 0.3) is 0 Å². The van der Waals surface area contributed by atoms with E-state index in [0.717, 1.165) is 77.6 Å². The zero-order valence-corrected chi connectivity index (χ0v) is 26.9. The molecule has 0 aromatic heterocycles. The second-order valence-corrected chi connectivity index (χ2v) is 10.6. The highest BCUT2D eigenvalue weighted by Gasteiger charge is 2.29. The zero-order valence-electron chi connectivity index (χ0n) is 26.9. The van der Waals surface area contributed by atoms with Gasteiger partial charge >= 0.3 is 0 Å². The quantitative estimate of drug-likeness (QED) is 0.121. The van der Waals surface area contributed by atoms with Gasteiger partial charge in [0, 0.05) is 52.6 Å². The maximum Gasteiger partial charge on any atom is 0.300 e. The Morgan fingerprint density at radius 1 is 1.12 bits per heavy atom. The van der Waals surface area contributed by atoms with Crippen LogP contribution in [-0.2, 0) is 14.3 Å². The molecule has 2 heterocycles. The minimum atomic E-state index is -0.833. The highest BCUT2D eigenvalue weighted by molar-refractivity contribution is 5.62. The molecule has 234 valence electrons. The van der Waals surface area contributed by atoms with E-state index in [1.165, 1.54) is 37.8 Å². The molecule has 2 aliphatic rings. The van der Waals surface area contributed by atoms with Crippen molar-refractivity contribution in [2.45, 2.75) is 92.0 Å². The lowest BCUT2D eigenvalue weighted by Gasteiger charge is -2.24. The molecule has 1 N–H and O–H groups in total. The number of rotatable bonds is 16. The second-order valence-electron chi connectivity index (χ2n) is 10.6. The number of hydrogen-bond acceptors (Lipinski definition) is 5. The maximum atomic E-state index is 10.5. The Morgan fingerprint density at radius 3 is 2.39 bits per heavy atom. The van der Waals surface area contributed by atoms with Crippen molar-refractivity contribution in [1.82, 2.24) is 14.7 Å². The average molecular weight is 574 g/mol. The first-order chi connectivity index (χ1) is 19.8. The summed E-state index contributed by atoms with van der Waals surface area (Å²) in [6.45, 7) is 19.6. The number of amides is 1. The van der Waals surface area contributed by atoms with Crippen LogP contribution in [0, 0.1) is 5.92 Å². The van der Waals surface area contributed by atoms with Crippen molar-refractivity contribution in [2.75, 3.05) is 46.4 Å². The normalized spacial score (nSPS) is 20.4. The number of carbonyl (C=O) groups excluding carboxylic acids is 1. The molecule has 2 atom stereocenters. The van der Waals surface area contributed by atoms with Crippen LogP contribution in [0.3, 0.4) is 0 Å². The second kappa shape index (κ2) is 25.0. The number of ether oxygens (including phenoxy) is 1. The van der Waals surface area contributed by atoms with Gasteiger partial charge in [-0.1, -0.05) is 70.9 Å². The first kappa shape index (κ1) is 38.2. The van der Waals surface area contributed by atoms with Gasteiger partial charge in [0.1, 0.15) is 5.76 Å². The summed E-state index contributed by atoms with van der Waals surface area (Å²) in [5.41, 5.74) is 1.33. The molecular weight excluding hydrogens is 514 g/mol. The standard InChI is InChI=1S/C22H34N2O.C10H21NO.C2H4O2/c1-5-8-14-23(4)15-12-21-17-19(18-24(21)7-3)10-9-11-22-20(6-2)13-16-25-22;1-3-5-7-9-11(10-12)8-6-4-2;1-2(3)4/h5-6,8-11,14,19,21H,1,7,12-13,15-18H2,2-4H3;10H,3-9H2,1-2H3;1H3,(H,3,4)/b10-9+,14-8-,20-6-,22-11+;;. The van der Waals surface area contributed by atoms with Gasteiger partial charge in [0.05, 0.1) is 6.61 Å². The summed E-state index contributed by atoms with van der Waals surface area (Å²) in [6.07, 6.45) is 25.2. The van der Waals surface area contributed by atoms with E-state index in [2.05, 4.69) is 81.6 Å². The molecule has 2 fully saturated rings. The van der Waals surface area contributed by atoms with Crippen LogP contribution in [0.15, 0.2) is 60.6 Å². The first-order valence-corrected chi connectivity index (χ1v) is 15.5. The van der Waals surface area contributed by atoms with E-state index in [0.29, 0.717) is 12.0 Å². The van der Waals surface area contributed by atoms with Crippen LogP contribution < -0.4 is 0 Å². The molecule has 2 aliphatic heterocycles.